The predicted octanol–water partition coefficient (Wildman–Crippen LogP) is 2.33. The van der Waals surface area contributed by atoms with Crippen molar-refractivity contribution in [1.29, 1.82) is 0 Å². The summed E-state index contributed by atoms with van der Waals surface area (Å²) in [6, 6.07) is 15.4. The van der Waals surface area contributed by atoms with Gasteiger partial charge < -0.3 is 20.5 Å². The molecular weight excluding hydrogens is 463 g/mol. The van der Waals surface area contributed by atoms with Crippen molar-refractivity contribution in [3.63, 3.8) is 0 Å². The molecule has 0 radical (unpaired) electrons. The molecule has 7 nitrogen and oxygen atoms in total. The lowest BCUT2D eigenvalue weighted by Gasteiger charge is -2.15. The molecule has 0 aromatic heterocycles. The van der Waals surface area contributed by atoms with Gasteiger partial charge in [-0.3, -0.25) is 4.79 Å². The molecule has 0 saturated carbocycles. The van der Waals surface area contributed by atoms with Crippen molar-refractivity contribution in [1.82, 2.24) is 10.6 Å². The van der Waals surface area contributed by atoms with E-state index in [1.54, 1.807) is 6.07 Å². The van der Waals surface area contributed by atoms with E-state index in [0.29, 0.717) is 0 Å². The van der Waals surface area contributed by atoms with E-state index in [9.17, 15) is 19.5 Å². The zero-order valence-electron chi connectivity index (χ0n) is 14.4. The second kappa shape index (κ2) is 10.5. The number of hydrogen-bond acceptors (Lipinski definition) is 4. The molecular formula is C19H19IN2O5. The number of hydrogen-bond donors (Lipinski definition) is 3. The summed E-state index contributed by atoms with van der Waals surface area (Å²) in [6.45, 7) is -0.289. The molecule has 2 amide bonds. The van der Waals surface area contributed by atoms with Crippen LogP contribution in [0.2, 0.25) is 0 Å². The molecule has 27 heavy (non-hydrogen) atoms. The lowest BCUT2D eigenvalue weighted by molar-refractivity contribution is -0.141. The van der Waals surface area contributed by atoms with Gasteiger partial charge in [-0.15, -0.1) is 0 Å². The third-order valence-electron chi connectivity index (χ3n) is 3.57. The Balaban J connectivity index is 1.78. The van der Waals surface area contributed by atoms with Gasteiger partial charge in [0.25, 0.3) is 0 Å². The molecule has 0 bridgehead atoms. The largest absolute Gasteiger partial charge is 0.480 e. The van der Waals surface area contributed by atoms with Gasteiger partial charge in [-0.05, 0) is 45.9 Å². The van der Waals surface area contributed by atoms with Gasteiger partial charge in [0.2, 0.25) is 5.91 Å². The Morgan fingerprint density at radius 2 is 1.74 bits per heavy atom. The smallest absolute Gasteiger partial charge is 0.407 e. The summed E-state index contributed by atoms with van der Waals surface area (Å²) in [4.78, 5) is 35.0. The number of halogens is 1. The van der Waals surface area contributed by atoms with Gasteiger partial charge >= 0.3 is 12.1 Å². The van der Waals surface area contributed by atoms with Crippen molar-refractivity contribution in [3.8, 4) is 0 Å². The number of carbonyl (C=O) groups is 3. The maximum Gasteiger partial charge on any atom is 0.407 e. The van der Waals surface area contributed by atoms with Gasteiger partial charge in [0, 0.05) is 9.99 Å². The van der Waals surface area contributed by atoms with Gasteiger partial charge in [0.05, 0.1) is 0 Å². The molecule has 0 aliphatic heterocycles. The van der Waals surface area contributed by atoms with E-state index in [2.05, 4.69) is 33.2 Å². The van der Waals surface area contributed by atoms with Crippen LogP contribution in [-0.2, 0) is 27.4 Å². The fourth-order valence-electron chi connectivity index (χ4n) is 2.27. The standard InChI is InChI=1S/C19H19IN2O5/c20-15-8-4-7-14(9-15)10-16(18(24)25)22-17(23)11-21-19(26)27-12-13-5-2-1-3-6-13/h1-9,16H,10-12H2,(H,21,26)(H,22,23)(H,24,25)/t16-/m0/s1. The molecule has 0 fully saturated rings. The fraction of sp³-hybridized carbons (Fsp3) is 0.211. The monoisotopic (exact) mass is 482 g/mol. The summed E-state index contributed by atoms with van der Waals surface area (Å²) < 4.78 is 5.97. The minimum absolute atomic E-state index is 0.0820. The summed E-state index contributed by atoms with van der Waals surface area (Å²) in [5.74, 6) is -1.75. The predicted molar refractivity (Wildman–Crippen MR) is 107 cm³/mol. The number of amides is 2. The molecule has 0 aliphatic carbocycles. The third-order valence-corrected chi connectivity index (χ3v) is 4.24. The van der Waals surface area contributed by atoms with Crippen LogP contribution in [0, 0.1) is 3.57 Å². The minimum Gasteiger partial charge on any atom is -0.480 e. The molecule has 142 valence electrons. The SMILES string of the molecule is O=C(CNC(=O)OCc1ccccc1)N[C@@H](Cc1cccc(I)c1)C(=O)O. The molecule has 8 heteroatoms. The van der Waals surface area contributed by atoms with Crippen LogP contribution in [-0.4, -0.2) is 35.7 Å². The number of benzene rings is 2. The molecule has 2 aromatic carbocycles. The highest BCUT2D eigenvalue weighted by Crippen LogP contribution is 2.10. The minimum atomic E-state index is -1.14. The summed E-state index contributed by atoms with van der Waals surface area (Å²) >= 11 is 2.13. The van der Waals surface area contributed by atoms with Crippen LogP contribution in [0.3, 0.4) is 0 Å². The van der Waals surface area contributed by atoms with E-state index < -0.39 is 24.0 Å². The highest BCUT2D eigenvalue weighted by molar-refractivity contribution is 14.1. The van der Waals surface area contributed by atoms with E-state index in [0.717, 1.165) is 14.7 Å². The number of aliphatic carboxylic acids is 1. The molecule has 1 atom stereocenters. The van der Waals surface area contributed by atoms with Gasteiger partial charge in [-0.2, -0.15) is 0 Å². The van der Waals surface area contributed by atoms with Crippen LogP contribution in [0.5, 0.6) is 0 Å². The Bertz CT molecular complexity index is 798. The Labute approximate surface area is 170 Å². The van der Waals surface area contributed by atoms with E-state index in [1.165, 1.54) is 0 Å². The first kappa shape index (κ1) is 20.7. The fourth-order valence-corrected chi connectivity index (χ4v) is 2.88. The molecule has 0 unspecified atom stereocenters. The van der Waals surface area contributed by atoms with Gasteiger partial charge in [-0.25, -0.2) is 9.59 Å². The second-order valence-electron chi connectivity index (χ2n) is 5.71. The van der Waals surface area contributed by atoms with E-state index in [-0.39, 0.29) is 19.6 Å². The van der Waals surface area contributed by atoms with Crippen LogP contribution in [0.15, 0.2) is 54.6 Å². The van der Waals surface area contributed by atoms with E-state index in [1.807, 2.05) is 48.5 Å². The number of alkyl carbamates (subject to hydrolysis) is 1. The summed E-state index contributed by atoms with van der Waals surface area (Å²) in [7, 11) is 0. The zero-order valence-corrected chi connectivity index (χ0v) is 16.5. The van der Waals surface area contributed by atoms with Crippen LogP contribution >= 0.6 is 22.6 Å². The van der Waals surface area contributed by atoms with Gasteiger partial charge in [-0.1, -0.05) is 42.5 Å². The topological polar surface area (TPSA) is 105 Å². The van der Waals surface area contributed by atoms with Crippen molar-refractivity contribution in [3.05, 3.63) is 69.3 Å². The first-order chi connectivity index (χ1) is 12.9. The number of carbonyl (C=O) groups excluding carboxylic acids is 2. The van der Waals surface area contributed by atoms with E-state index in [4.69, 9.17) is 4.74 Å². The number of rotatable bonds is 8. The Morgan fingerprint density at radius 1 is 1.04 bits per heavy atom. The average Bonchev–Trinajstić information content (AvgIpc) is 2.65. The maximum atomic E-state index is 11.9. The zero-order chi connectivity index (χ0) is 19.6. The number of carboxylic acids is 1. The molecule has 0 spiro atoms. The van der Waals surface area contributed by atoms with Crippen LogP contribution < -0.4 is 10.6 Å². The quantitative estimate of drug-likeness (QED) is 0.502. The summed E-state index contributed by atoms with van der Waals surface area (Å²) in [6.07, 6.45) is -0.602. The first-order valence-electron chi connectivity index (χ1n) is 8.15. The highest BCUT2D eigenvalue weighted by atomic mass is 127. The lowest BCUT2D eigenvalue weighted by atomic mass is 10.1. The van der Waals surface area contributed by atoms with Crippen LogP contribution in [0.25, 0.3) is 0 Å². The van der Waals surface area contributed by atoms with E-state index >= 15 is 0 Å². The Hall–Kier alpha value is -2.62. The number of nitrogens with one attached hydrogen (secondary N) is 2. The molecule has 0 heterocycles. The second-order valence-corrected chi connectivity index (χ2v) is 6.95. The lowest BCUT2D eigenvalue weighted by Crippen LogP contribution is -2.46. The third kappa shape index (κ3) is 7.65. The average molecular weight is 482 g/mol. The summed E-state index contributed by atoms with van der Waals surface area (Å²) in [5, 5.41) is 14.0. The highest BCUT2D eigenvalue weighted by Gasteiger charge is 2.20. The van der Waals surface area contributed by atoms with Crippen molar-refractivity contribution < 1.29 is 24.2 Å². The first-order valence-corrected chi connectivity index (χ1v) is 9.23. The molecule has 3 N–H and O–H groups in total. The van der Waals surface area contributed by atoms with Crippen molar-refractivity contribution in [2.24, 2.45) is 0 Å². The van der Waals surface area contributed by atoms with Gasteiger partial charge in [0.1, 0.15) is 19.2 Å². The van der Waals surface area contributed by atoms with Gasteiger partial charge in [0.15, 0.2) is 0 Å². The Morgan fingerprint density at radius 3 is 2.41 bits per heavy atom. The van der Waals surface area contributed by atoms with Crippen LogP contribution in [0.4, 0.5) is 4.79 Å². The van der Waals surface area contributed by atoms with Crippen molar-refractivity contribution >= 4 is 40.6 Å². The van der Waals surface area contributed by atoms with Crippen LogP contribution in [0.1, 0.15) is 11.1 Å². The molecule has 0 saturated heterocycles. The molecule has 0 aliphatic rings. The molecule has 2 rings (SSSR count). The normalized spacial score (nSPS) is 11.3. The summed E-state index contributed by atoms with van der Waals surface area (Å²) in [5.41, 5.74) is 1.62. The number of ether oxygens (including phenoxy) is 1. The Kier molecular flexibility index (Phi) is 8.05. The molecule has 2 aromatic rings. The maximum absolute atomic E-state index is 11.9. The van der Waals surface area contributed by atoms with Crippen molar-refractivity contribution in [2.75, 3.05) is 6.54 Å². The number of carboxylic acid groups (broad SMARTS) is 1. The van der Waals surface area contributed by atoms with Crippen molar-refractivity contribution in [2.45, 2.75) is 19.1 Å².